The van der Waals surface area contributed by atoms with Crippen LogP contribution in [-0.2, 0) is 12.8 Å². The molecule has 0 spiro atoms. The van der Waals surface area contributed by atoms with Crippen LogP contribution in [0.1, 0.15) is 34.8 Å². The van der Waals surface area contributed by atoms with Gasteiger partial charge in [0.15, 0.2) is 5.78 Å². The van der Waals surface area contributed by atoms with Gasteiger partial charge in [-0.2, -0.15) is 0 Å². The number of nitrogens with one attached hydrogen (secondary N) is 1. The minimum absolute atomic E-state index is 0. The average molecular weight is 366 g/mol. The molecule has 26 heavy (non-hydrogen) atoms. The zero-order valence-electron chi connectivity index (χ0n) is 15.0. The van der Waals surface area contributed by atoms with Crippen molar-refractivity contribution in [2.45, 2.75) is 31.7 Å². The first kappa shape index (κ1) is 18.6. The van der Waals surface area contributed by atoms with Crippen LogP contribution in [0.25, 0.3) is 10.8 Å². The van der Waals surface area contributed by atoms with Crippen LogP contribution in [0, 0.1) is 0 Å². The van der Waals surface area contributed by atoms with Crippen LogP contribution in [0.2, 0.25) is 0 Å². The van der Waals surface area contributed by atoms with E-state index in [0.29, 0.717) is 0 Å². The van der Waals surface area contributed by atoms with Crippen molar-refractivity contribution in [1.82, 2.24) is 5.32 Å². The summed E-state index contributed by atoms with van der Waals surface area (Å²) in [6.45, 7) is 2.87. The van der Waals surface area contributed by atoms with Gasteiger partial charge in [-0.25, -0.2) is 0 Å². The van der Waals surface area contributed by atoms with Crippen LogP contribution in [0.5, 0.6) is 0 Å². The third-order valence-electron chi connectivity index (χ3n) is 5.43. The molecule has 3 aromatic carbocycles. The van der Waals surface area contributed by atoms with Crippen molar-refractivity contribution >= 4 is 29.0 Å². The van der Waals surface area contributed by atoms with E-state index in [4.69, 9.17) is 0 Å². The number of hydrogen-bond acceptors (Lipinski definition) is 2. The second-order valence-electron chi connectivity index (χ2n) is 7.14. The van der Waals surface area contributed by atoms with E-state index < -0.39 is 5.54 Å². The van der Waals surface area contributed by atoms with E-state index in [0.717, 1.165) is 31.4 Å². The summed E-state index contributed by atoms with van der Waals surface area (Å²) in [7, 11) is 0. The number of halogens is 1. The van der Waals surface area contributed by atoms with Crippen LogP contribution in [0.15, 0.2) is 66.7 Å². The Kier molecular flexibility index (Phi) is 5.45. The molecule has 4 rings (SSSR count). The van der Waals surface area contributed by atoms with Crippen LogP contribution in [-0.4, -0.2) is 17.9 Å². The lowest BCUT2D eigenvalue weighted by Crippen LogP contribution is -2.52. The molecular formula is C23H24ClNO. The monoisotopic (exact) mass is 365 g/mol. The number of carbonyl (C=O) groups is 1. The maximum absolute atomic E-state index is 13.2. The van der Waals surface area contributed by atoms with Gasteiger partial charge in [0.2, 0.25) is 0 Å². The molecule has 1 unspecified atom stereocenters. The van der Waals surface area contributed by atoms with Crippen LogP contribution in [0.3, 0.4) is 0 Å². The van der Waals surface area contributed by atoms with Gasteiger partial charge in [0.25, 0.3) is 0 Å². The summed E-state index contributed by atoms with van der Waals surface area (Å²) in [5.74, 6) is 0.229. The Morgan fingerprint density at radius 2 is 1.69 bits per heavy atom. The lowest BCUT2D eigenvalue weighted by Gasteiger charge is -2.35. The molecule has 0 amide bonds. The second-order valence-corrected chi connectivity index (χ2v) is 7.14. The van der Waals surface area contributed by atoms with Crippen molar-refractivity contribution in [3.63, 3.8) is 0 Å². The van der Waals surface area contributed by atoms with E-state index in [1.165, 1.54) is 21.9 Å². The van der Waals surface area contributed by atoms with Crippen molar-refractivity contribution in [3.8, 4) is 0 Å². The molecule has 0 aromatic heterocycles. The highest BCUT2D eigenvalue weighted by molar-refractivity contribution is 6.08. The standard InChI is InChI=1S/C23H23NO.ClH/c1-23(24-16-14-17-7-3-2-4-8-17)15-13-20-19-10-6-5-9-18(19)11-12-21(20)22(23)25;/h2-12,24H,13-16H2,1H3;1H. The van der Waals surface area contributed by atoms with Gasteiger partial charge in [-0.1, -0.05) is 66.7 Å². The van der Waals surface area contributed by atoms with Gasteiger partial charge in [-0.05, 0) is 48.1 Å². The Bertz CT molecular complexity index is 922. The summed E-state index contributed by atoms with van der Waals surface area (Å²) in [6.07, 6.45) is 2.73. The lowest BCUT2D eigenvalue weighted by atomic mass is 9.76. The summed E-state index contributed by atoms with van der Waals surface area (Å²) in [5, 5.41) is 5.97. The van der Waals surface area contributed by atoms with E-state index in [2.05, 4.69) is 66.8 Å². The van der Waals surface area contributed by atoms with E-state index in [-0.39, 0.29) is 18.2 Å². The molecule has 0 fully saturated rings. The Hall–Kier alpha value is -2.16. The fraction of sp³-hybridized carbons (Fsp3) is 0.261. The van der Waals surface area contributed by atoms with Gasteiger partial charge in [-0.3, -0.25) is 4.79 Å². The Balaban J connectivity index is 0.00000196. The topological polar surface area (TPSA) is 29.1 Å². The third-order valence-corrected chi connectivity index (χ3v) is 5.43. The maximum atomic E-state index is 13.2. The Morgan fingerprint density at radius 3 is 2.50 bits per heavy atom. The quantitative estimate of drug-likeness (QED) is 0.706. The van der Waals surface area contributed by atoms with E-state index in [1.54, 1.807) is 0 Å². The van der Waals surface area contributed by atoms with Crippen molar-refractivity contribution in [3.05, 3.63) is 83.4 Å². The molecule has 1 N–H and O–H groups in total. The first-order valence-electron chi connectivity index (χ1n) is 9.02. The van der Waals surface area contributed by atoms with Crippen LogP contribution in [0.4, 0.5) is 0 Å². The lowest BCUT2D eigenvalue weighted by molar-refractivity contribution is 0.0843. The zero-order chi connectivity index (χ0) is 17.3. The number of rotatable bonds is 4. The summed E-state index contributed by atoms with van der Waals surface area (Å²) < 4.78 is 0. The summed E-state index contributed by atoms with van der Waals surface area (Å²) in [6, 6.07) is 22.9. The molecular weight excluding hydrogens is 342 g/mol. The molecule has 3 aromatic rings. The predicted molar refractivity (Wildman–Crippen MR) is 110 cm³/mol. The Labute approximate surface area is 161 Å². The van der Waals surface area contributed by atoms with Gasteiger partial charge in [0.1, 0.15) is 0 Å². The summed E-state index contributed by atoms with van der Waals surface area (Å²) in [5.41, 5.74) is 2.93. The normalized spacial score (nSPS) is 19.0. The molecule has 0 bridgehead atoms. The Morgan fingerprint density at radius 1 is 0.962 bits per heavy atom. The van der Waals surface area contributed by atoms with Gasteiger partial charge in [-0.15, -0.1) is 12.4 Å². The molecule has 1 aliphatic carbocycles. The highest BCUT2D eigenvalue weighted by Gasteiger charge is 2.38. The highest BCUT2D eigenvalue weighted by atomic mass is 35.5. The molecule has 1 aliphatic rings. The molecule has 2 nitrogen and oxygen atoms in total. The van der Waals surface area contributed by atoms with Crippen molar-refractivity contribution < 1.29 is 4.79 Å². The fourth-order valence-corrected chi connectivity index (χ4v) is 3.90. The van der Waals surface area contributed by atoms with Gasteiger partial charge in [0.05, 0.1) is 5.54 Å². The minimum Gasteiger partial charge on any atom is -0.305 e. The molecule has 0 saturated carbocycles. The van der Waals surface area contributed by atoms with Crippen LogP contribution < -0.4 is 5.32 Å². The molecule has 134 valence electrons. The number of hydrogen-bond donors (Lipinski definition) is 1. The number of fused-ring (bicyclic) bond motifs is 3. The van der Waals surface area contributed by atoms with Gasteiger partial charge < -0.3 is 5.32 Å². The molecule has 1 atom stereocenters. The van der Waals surface area contributed by atoms with Crippen molar-refractivity contribution in [2.24, 2.45) is 0 Å². The molecule has 0 radical (unpaired) electrons. The minimum atomic E-state index is -0.468. The fourth-order valence-electron chi connectivity index (χ4n) is 3.90. The average Bonchev–Trinajstić information content (AvgIpc) is 2.65. The molecule has 0 aliphatic heterocycles. The van der Waals surface area contributed by atoms with Crippen molar-refractivity contribution in [2.75, 3.05) is 6.54 Å². The number of Topliss-reactive ketones (excluding diaryl/α,β-unsaturated/α-hetero) is 1. The second kappa shape index (κ2) is 7.61. The summed E-state index contributed by atoms with van der Waals surface area (Å²) in [4.78, 5) is 13.2. The van der Waals surface area contributed by atoms with Crippen LogP contribution >= 0.6 is 12.4 Å². The number of benzene rings is 3. The number of ketones is 1. The smallest absolute Gasteiger partial charge is 0.182 e. The van der Waals surface area contributed by atoms with Crippen molar-refractivity contribution in [1.29, 1.82) is 0 Å². The highest BCUT2D eigenvalue weighted by Crippen LogP contribution is 2.33. The first-order chi connectivity index (χ1) is 12.2. The summed E-state index contributed by atoms with van der Waals surface area (Å²) >= 11 is 0. The number of aryl methyl sites for hydroxylation is 1. The SMILES string of the molecule is CC1(NCCc2ccccc2)CCc2c(ccc3ccccc23)C1=O.Cl. The van der Waals surface area contributed by atoms with Gasteiger partial charge >= 0.3 is 0 Å². The largest absolute Gasteiger partial charge is 0.305 e. The third kappa shape index (κ3) is 3.40. The molecule has 0 saturated heterocycles. The predicted octanol–water partition coefficient (Wildman–Crippen LogP) is 4.98. The first-order valence-corrected chi connectivity index (χ1v) is 9.02. The van der Waals surface area contributed by atoms with E-state index >= 15 is 0 Å². The van der Waals surface area contributed by atoms with E-state index in [9.17, 15) is 4.79 Å². The number of carbonyl (C=O) groups excluding carboxylic acids is 1. The maximum Gasteiger partial charge on any atom is 0.182 e. The molecule has 3 heteroatoms. The van der Waals surface area contributed by atoms with Gasteiger partial charge in [0, 0.05) is 12.1 Å². The zero-order valence-corrected chi connectivity index (χ0v) is 15.8. The molecule has 0 heterocycles. The van der Waals surface area contributed by atoms with E-state index in [1.807, 2.05) is 12.1 Å².